The second-order valence-electron chi connectivity index (χ2n) is 5.83. The summed E-state index contributed by atoms with van der Waals surface area (Å²) in [6.07, 6.45) is 2.40. The third kappa shape index (κ3) is 4.71. The minimum atomic E-state index is -4.40. The third-order valence-electron chi connectivity index (χ3n) is 3.71. The first-order valence-electron chi connectivity index (χ1n) is 7.45. The fourth-order valence-electron chi connectivity index (χ4n) is 2.15. The molecule has 4 nitrogen and oxygen atoms in total. The molecule has 0 aliphatic rings. The zero-order valence-electron chi connectivity index (χ0n) is 13.3. The molecule has 2 unspecified atom stereocenters. The Morgan fingerprint density at radius 1 is 0.826 bits per heavy atom. The van der Waals surface area contributed by atoms with Crippen molar-refractivity contribution < 1.29 is 13.2 Å². The van der Waals surface area contributed by atoms with Crippen molar-refractivity contribution in [1.29, 1.82) is 0 Å². The van der Waals surface area contributed by atoms with Crippen LogP contribution in [-0.4, -0.2) is 19.9 Å². The summed E-state index contributed by atoms with van der Waals surface area (Å²) in [5.41, 5.74) is 0.183. The topological polar surface area (TPSA) is 51.6 Å². The molecule has 2 aromatic rings. The zero-order valence-corrected chi connectivity index (χ0v) is 13.3. The number of aryl methyl sites for hydroxylation is 1. The summed E-state index contributed by atoms with van der Waals surface area (Å²) in [6.45, 7) is 5.87. The van der Waals surface area contributed by atoms with Crippen LogP contribution in [0, 0.1) is 6.92 Å². The molecular formula is C16H19F3N4. The van der Waals surface area contributed by atoms with Crippen LogP contribution in [-0.2, 0) is 6.18 Å². The van der Waals surface area contributed by atoms with E-state index in [2.05, 4.69) is 19.9 Å². The highest BCUT2D eigenvalue weighted by molar-refractivity contribution is 5.11. The number of nitrogens with zero attached hydrogens (tertiary/aromatic N) is 4. The second-order valence-corrected chi connectivity index (χ2v) is 5.83. The van der Waals surface area contributed by atoms with Crippen LogP contribution >= 0.6 is 0 Å². The number of hydrogen-bond acceptors (Lipinski definition) is 4. The number of hydrogen-bond donors (Lipinski definition) is 0. The summed E-state index contributed by atoms with van der Waals surface area (Å²) in [5, 5.41) is 0. The molecular weight excluding hydrogens is 305 g/mol. The third-order valence-corrected chi connectivity index (χ3v) is 3.71. The van der Waals surface area contributed by atoms with Crippen LogP contribution < -0.4 is 0 Å². The molecule has 0 saturated carbocycles. The van der Waals surface area contributed by atoms with Crippen molar-refractivity contribution in [2.24, 2.45) is 0 Å². The molecule has 2 atom stereocenters. The van der Waals surface area contributed by atoms with Gasteiger partial charge in [0.1, 0.15) is 11.6 Å². The van der Waals surface area contributed by atoms with Crippen molar-refractivity contribution in [3.05, 3.63) is 47.6 Å². The highest BCUT2D eigenvalue weighted by Gasteiger charge is 2.31. The van der Waals surface area contributed by atoms with E-state index in [0.29, 0.717) is 5.82 Å². The van der Waals surface area contributed by atoms with Gasteiger partial charge in [-0.3, -0.25) is 0 Å². The fourth-order valence-corrected chi connectivity index (χ4v) is 2.15. The predicted molar refractivity (Wildman–Crippen MR) is 79.9 cm³/mol. The van der Waals surface area contributed by atoms with Gasteiger partial charge in [0.05, 0.1) is 5.56 Å². The van der Waals surface area contributed by atoms with E-state index in [4.69, 9.17) is 0 Å². The van der Waals surface area contributed by atoms with Gasteiger partial charge in [-0.2, -0.15) is 13.2 Å². The molecule has 0 aromatic carbocycles. The molecule has 0 radical (unpaired) electrons. The Morgan fingerprint density at radius 3 is 1.61 bits per heavy atom. The fraction of sp³-hybridized carbons (Fsp3) is 0.500. The molecule has 2 aromatic heterocycles. The molecule has 0 aliphatic carbocycles. The summed E-state index contributed by atoms with van der Waals surface area (Å²) in [7, 11) is 0. The van der Waals surface area contributed by atoms with Gasteiger partial charge in [0.15, 0.2) is 0 Å². The van der Waals surface area contributed by atoms with Gasteiger partial charge in [0, 0.05) is 36.6 Å². The van der Waals surface area contributed by atoms with Crippen LogP contribution in [0.3, 0.4) is 0 Å². The number of alkyl halides is 3. The monoisotopic (exact) mass is 324 g/mol. The van der Waals surface area contributed by atoms with Gasteiger partial charge in [-0.1, -0.05) is 13.8 Å². The Kier molecular flexibility index (Phi) is 5.28. The first-order valence-corrected chi connectivity index (χ1v) is 7.45. The van der Waals surface area contributed by atoms with E-state index in [1.54, 1.807) is 12.4 Å². The lowest BCUT2D eigenvalue weighted by Crippen LogP contribution is -2.09. The number of halogens is 3. The SMILES string of the molecule is Cc1cnc(C(C)CCC(C)c2ncc(C(F)(F)F)cn2)nc1. The zero-order chi connectivity index (χ0) is 17.0. The average molecular weight is 324 g/mol. The standard InChI is InChI=1S/C16H19F3N4/c1-10-6-20-14(21-7-10)11(2)4-5-12(3)15-22-8-13(9-23-15)16(17,18)19/h6-9,11-12H,4-5H2,1-3H3. The predicted octanol–water partition coefficient (Wildman–Crippen LogP) is 4.28. The minimum absolute atomic E-state index is 0.0230. The summed E-state index contributed by atoms with van der Waals surface area (Å²) >= 11 is 0. The highest BCUT2D eigenvalue weighted by atomic mass is 19.4. The van der Waals surface area contributed by atoms with E-state index in [9.17, 15) is 13.2 Å². The summed E-state index contributed by atoms with van der Waals surface area (Å²) in [6, 6.07) is 0. The van der Waals surface area contributed by atoms with Crippen molar-refractivity contribution in [3.8, 4) is 0 Å². The van der Waals surface area contributed by atoms with E-state index in [-0.39, 0.29) is 11.8 Å². The maximum Gasteiger partial charge on any atom is 0.419 e. The Morgan fingerprint density at radius 2 is 1.22 bits per heavy atom. The van der Waals surface area contributed by atoms with Gasteiger partial charge in [0.25, 0.3) is 0 Å². The van der Waals surface area contributed by atoms with Crippen molar-refractivity contribution in [3.63, 3.8) is 0 Å². The van der Waals surface area contributed by atoms with Gasteiger partial charge >= 0.3 is 6.18 Å². The normalized spacial score (nSPS) is 14.5. The average Bonchev–Trinajstić information content (AvgIpc) is 2.52. The van der Waals surface area contributed by atoms with Crippen molar-refractivity contribution in [2.45, 2.75) is 51.6 Å². The molecule has 0 aliphatic heterocycles. The minimum Gasteiger partial charge on any atom is -0.241 e. The van der Waals surface area contributed by atoms with Crippen molar-refractivity contribution in [1.82, 2.24) is 19.9 Å². The molecule has 2 heterocycles. The van der Waals surface area contributed by atoms with Crippen molar-refractivity contribution >= 4 is 0 Å². The van der Waals surface area contributed by atoms with Gasteiger partial charge in [-0.05, 0) is 25.3 Å². The summed E-state index contributed by atoms with van der Waals surface area (Å²) in [5.74, 6) is 1.35. The number of rotatable bonds is 5. The molecule has 23 heavy (non-hydrogen) atoms. The van der Waals surface area contributed by atoms with E-state index in [1.807, 2.05) is 20.8 Å². The molecule has 0 bridgehead atoms. The van der Waals surface area contributed by atoms with Crippen LogP contribution in [0.1, 0.15) is 61.3 Å². The van der Waals surface area contributed by atoms with Crippen LogP contribution in [0.4, 0.5) is 13.2 Å². The van der Waals surface area contributed by atoms with Crippen LogP contribution in [0.25, 0.3) is 0 Å². The summed E-state index contributed by atoms with van der Waals surface area (Å²) < 4.78 is 37.5. The van der Waals surface area contributed by atoms with E-state index >= 15 is 0 Å². The van der Waals surface area contributed by atoms with Crippen molar-refractivity contribution in [2.75, 3.05) is 0 Å². The molecule has 0 saturated heterocycles. The smallest absolute Gasteiger partial charge is 0.241 e. The number of aromatic nitrogens is 4. The molecule has 0 N–H and O–H groups in total. The Hall–Kier alpha value is -2.05. The van der Waals surface area contributed by atoms with Crippen LogP contribution in [0.2, 0.25) is 0 Å². The lowest BCUT2D eigenvalue weighted by molar-refractivity contribution is -0.138. The lowest BCUT2D eigenvalue weighted by Gasteiger charge is -2.14. The van der Waals surface area contributed by atoms with Gasteiger partial charge < -0.3 is 0 Å². The Bertz CT molecular complexity index is 623. The van der Waals surface area contributed by atoms with Crippen LogP contribution in [0.5, 0.6) is 0 Å². The second kappa shape index (κ2) is 7.02. The molecule has 0 fully saturated rings. The quantitative estimate of drug-likeness (QED) is 0.823. The van der Waals surface area contributed by atoms with E-state index in [1.165, 1.54) is 0 Å². The first kappa shape index (κ1) is 17.3. The molecule has 0 spiro atoms. The maximum absolute atomic E-state index is 12.5. The Balaban J connectivity index is 1.94. The molecule has 0 amide bonds. The van der Waals surface area contributed by atoms with Gasteiger partial charge in [-0.25, -0.2) is 19.9 Å². The van der Waals surface area contributed by atoms with E-state index in [0.717, 1.165) is 36.6 Å². The van der Waals surface area contributed by atoms with Gasteiger partial charge in [-0.15, -0.1) is 0 Å². The van der Waals surface area contributed by atoms with Crippen LogP contribution in [0.15, 0.2) is 24.8 Å². The molecule has 2 rings (SSSR count). The van der Waals surface area contributed by atoms with E-state index < -0.39 is 11.7 Å². The molecule has 124 valence electrons. The summed E-state index contributed by atoms with van der Waals surface area (Å²) in [4.78, 5) is 16.3. The molecule has 7 heteroatoms. The highest BCUT2D eigenvalue weighted by Crippen LogP contribution is 2.29. The lowest BCUT2D eigenvalue weighted by atomic mass is 9.97. The largest absolute Gasteiger partial charge is 0.419 e. The Labute approximate surface area is 133 Å². The first-order chi connectivity index (χ1) is 10.8. The van der Waals surface area contributed by atoms with Gasteiger partial charge in [0.2, 0.25) is 0 Å². The maximum atomic E-state index is 12.5.